The van der Waals surface area contributed by atoms with E-state index in [0.29, 0.717) is 24.0 Å². The normalized spacial score (nSPS) is 25.0. The number of nitrogens with one attached hydrogen (secondary N) is 1. The van der Waals surface area contributed by atoms with Crippen molar-refractivity contribution in [3.05, 3.63) is 42.1 Å². The quantitative estimate of drug-likeness (QED) is 0.364. The van der Waals surface area contributed by atoms with Gasteiger partial charge in [0.1, 0.15) is 24.1 Å². The van der Waals surface area contributed by atoms with Crippen LogP contribution in [0.25, 0.3) is 0 Å². The first-order valence-corrected chi connectivity index (χ1v) is 18.9. The third-order valence-electron chi connectivity index (χ3n) is 10.7. The summed E-state index contributed by atoms with van der Waals surface area (Å²) in [6.45, 7) is 11.2. The van der Waals surface area contributed by atoms with Gasteiger partial charge in [-0.2, -0.15) is 17.4 Å². The summed E-state index contributed by atoms with van der Waals surface area (Å²) in [5.41, 5.74) is 0.375. The Bertz CT molecular complexity index is 1540. The lowest BCUT2D eigenvalue weighted by Gasteiger charge is -2.54. The van der Waals surface area contributed by atoms with Crippen molar-refractivity contribution in [2.75, 3.05) is 57.3 Å². The number of aromatic nitrogens is 2. The summed E-state index contributed by atoms with van der Waals surface area (Å²) < 4.78 is 63.4. The fraction of sp³-hybridized carbons (Fsp3) is 0.676. The summed E-state index contributed by atoms with van der Waals surface area (Å²) in [5.74, 6) is 1.13. The number of benzene rings is 1. The number of carbonyl (C=O) groups excluding carboxylic acids is 1. The van der Waals surface area contributed by atoms with Gasteiger partial charge in [-0.1, -0.05) is 0 Å². The van der Waals surface area contributed by atoms with Crippen molar-refractivity contribution in [2.45, 2.75) is 84.0 Å². The Kier molecular flexibility index (Phi) is 10.5. The van der Waals surface area contributed by atoms with Gasteiger partial charge >= 0.3 is 0 Å². The number of alkyl halides is 1. The molecule has 1 aromatic carbocycles. The maximum atomic E-state index is 14.3. The van der Waals surface area contributed by atoms with Gasteiger partial charge in [0.2, 0.25) is 0 Å². The van der Waals surface area contributed by atoms with Crippen LogP contribution in [0, 0.1) is 17.2 Å². The number of rotatable bonds is 11. The second-order valence-corrected chi connectivity index (χ2v) is 16.1. The second-order valence-electron chi connectivity index (χ2n) is 14.4. The van der Waals surface area contributed by atoms with Crippen LogP contribution in [0.3, 0.4) is 0 Å². The first-order chi connectivity index (χ1) is 22.9. The van der Waals surface area contributed by atoms with E-state index >= 15 is 0 Å². The Morgan fingerprint density at radius 1 is 1.10 bits per heavy atom. The van der Waals surface area contributed by atoms with Gasteiger partial charge in [-0.3, -0.25) is 4.79 Å². The Balaban J connectivity index is 0.993. The number of halogens is 2. The van der Waals surface area contributed by atoms with Crippen LogP contribution in [0.15, 0.2) is 30.7 Å². The zero-order valence-corrected chi connectivity index (χ0v) is 29.1. The van der Waals surface area contributed by atoms with Crippen molar-refractivity contribution < 1.29 is 26.7 Å². The molecule has 1 aliphatic carbocycles. The number of hydrogen-bond donors (Lipinski definition) is 1. The van der Waals surface area contributed by atoms with Crippen molar-refractivity contribution in [3.63, 3.8) is 0 Å². The molecule has 3 aliphatic heterocycles. The molecule has 1 N–H and O–H groups in total. The molecule has 14 heteroatoms. The van der Waals surface area contributed by atoms with E-state index in [4.69, 9.17) is 4.74 Å². The van der Waals surface area contributed by atoms with Crippen LogP contribution in [-0.4, -0.2) is 109 Å². The Labute approximate surface area is 283 Å². The minimum atomic E-state index is -3.62. The molecule has 4 fully saturated rings. The predicted octanol–water partition coefficient (Wildman–Crippen LogP) is 4.62. The molecule has 6 rings (SSSR count). The molecule has 0 bridgehead atoms. The maximum Gasteiger partial charge on any atom is 0.279 e. The topological polar surface area (TPSA) is 111 Å². The Hall–Kier alpha value is -2.94. The zero-order chi connectivity index (χ0) is 34.1. The van der Waals surface area contributed by atoms with E-state index in [1.54, 1.807) is 11.1 Å². The van der Waals surface area contributed by atoms with E-state index < -0.39 is 22.2 Å². The molecule has 4 heterocycles. The average molecular weight is 690 g/mol. The number of likely N-dealkylation sites (tertiary alicyclic amines) is 1. The highest BCUT2D eigenvalue weighted by molar-refractivity contribution is 7.87. The van der Waals surface area contributed by atoms with Crippen LogP contribution in [-0.2, 0) is 10.2 Å². The number of piperidine rings is 1. The van der Waals surface area contributed by atoms with Crippen LogP contribution in [0.1, 0.15) is 76.1 Å². The SMILES string of the molecule is CCN(C(=O)c1cc(F)ccc1Oc1cncnc1N1CC2(CCN(CC3CCC(NS(=O)(=O)N4CC[C@@H](F)C4)CC3)CC2)C1)C(C)C. The molecular weight excluding hydrogens is 640 g/mol. The van der Waals surface area contributed by atoms with Gasteiger partial charge < -0.3 is 19.4 Å². The summed E-state index contributed by atoms with van der Waals surface area (Å²) in [6, 6.07) is 3.88. The van der Waals surface area contributed by atoms with Crippen LogP contribution >= 0.6 is 0 Å². The van der Waals surface area contributed by atoms with Gasteiger partial charge in [-0.25, -0.2) is 18.7 Å². The van der Waals surface area contributed by atoms with Crippen LogP contribution in [0.4, 0.5) is 14.6 Å². The molecule has 3 saturated heterocycles. The molecule has 48 heavy (non-hydrogen) atoms. The number of anilines is 1. The number of ether oxygens (including phenoxy) is 1. The lowest BCUT2D eigenvalue weighted by Crippen LogP contribution is -2.61. The summed E-state index contributed by atoms with van der Waals surface area (Å²) >= 11 is 0. The van der Waals surface area contributed by atoms with Gasteiger partial charge in [-0.15, -0.1) is 0 Å². The largest absolute Gasteiger partial charge is 0.451 e. The van der Waals surface area contributed by atoms with E-state index in [0.717, 1.165) is 71.2 Å². The molecule has 1 aromatic heterocycles. The molecule has 1 amide bonds. The van der Waals surface area contributed by atoms with Crippen molar-refractivity contribution in [1.82, 2.24) is 28.8 Å². The van der Waals surface area contributed by atoms with Gasteiger partial charge in [0.15, 0.2) is 11.6 Å². The van der Waals surface area contributed by atoms with Crippen molar-refractivity contribution in [2.24, 2.45) is 11.3 Å². The molecular formula is C34H49F2N7O4S. The first kappa shape index (κ1) is 34.9. The molecule has 264 valence electrons. The number of nitrogens with zero attached hydrogens (tertiary/aromatic N) is 6. The molecule has 1 atom stereocenters. The fourth-order valence-corrected chi connectivity index (χ4v) is 9.36. The third-order valence-corrected chi connectivity index (χ3v) is 12.3. The standard InChI is InChI=1S/C34H49F2N7O4S/c1-4-43(24(2)3)33(44)29-17-26(35)7-10-30(29)47-31-18-37-23-38-32(31)41-21-34(22-41)12-15-40(16-13-34)19-25-5-8-28(9-6-25)39-48(45,46)42-14-11-27(36)20-42/h7,10,17-18,23-25,27-28,39H,4-6,8-9,11-16,19-22H2,1-3H3/t25?,27-,28?/m1/s1. The van der Waals surface area contributed by atoms with E-state index in [1.807, 2.05) is 20.8 Å². The van der Waals surface area contributed by atoms with Crippen LogP contribution in [0.2, 0.25) is 0 Å². The monoisotopic (exact) mass is 689 g/mol. The van der Waals surface area contributed by atoms with E-state index in [9.17, 15) is 22.0 Å². The van der Waals surface area contributed by atoms with Crippen molar-refractivity contribution in [1.29, 1.82) is 0 Å². The molecule has 11 nitrogen and oxygen atoms in total. The molecule has 1 saturated carbocycles. The second kappa shape index (κ2) is 14.5. The van der Waals surface area contributed by atoms with E-state index in [2.05, 4.69) is 24.5 Å². The van der Waals surface area contributed by atoms with Crippen molar-refractivity contribution >= 4 is 21.9 Å². The molecule has 2 aromatic rings. The van der Waals surface area contributed by atoms with E-state index in [1.165, 1.54) is 28.8 Å². The summed E-state index contributed by atoms with van der Waals surface area (Å²) in [4.78, 5) is 28.5. The van der Waals surface area contributed by atoms with Crippen LogP contribution < -0.4 is 14.4 Å². The van der Waals surface area contributed by atoms with Gasteiger partial charge in [0.25, 0.3) is 16.1 Å². The van der Waals surface area contributed by atoms with Gasteiger partial charge in [0.05, 0.1) is 11.8 Å². The molecule has 0 radical (unpaired) electrons. The first-order valence-electron chi connectivity index (χ1n) is 17.4. The number of hydrogen-bond acceptors (Lipinski definition) is 8. The summed E-state index contributed by atoms with van der Waals surface area (Å²) in [6.07, 6.45) is 8.08. The Morgan fingerprint density at radius 3 is 2.48 bits per heavy atom. The van der Waals surface area contributed by atoms with Gasteiger partial charge in [0, 0.05) is 56.8 Å². The lowest BCUT2D eigenvalue weighted by atomic mass is 9.71. The van der Waals surface area contributed by atoms with Crippen molar-refractivity contribution in [3.8, 4) is 11.5 Å². The number of amides is 1. The summed E-state index contributed by atoms with van der Waals surface area (Å²) in [7, 11) is -3.62. The fourth-order valence-electron chi connectivity index (χ4n) is 7.85. The van der Waals surface area contributed by atoms with Gasteiger partial charge in [-0.05, 0) is 103 Å². The highest BCUT2D eigenvalue weighted by atomic mass is 32.2. The highest BCUT2D eigenvalue weighted by Crippen LogP contribution is 2.45. The predicted molar refractivity (Wildman–Crippen MR) is 180 cm³/mol. The zero-order valence-electron chi connectivity index (χ0n) is 28.3. The van der Waals surface area contributed by atoms with Crippen LogP contribution in [0.5, 0.6) is 11.5 Å². The lowest BCUT2D eigenvalue weighted by molar-refractivity contribution is 0.0617. The maximum absolute atomic E-state index is 14.3. The third kappa shape index (κ3) is 7.76. The highest BCUT2D eigenvalue weighted by Gasteiger charge is 2.46. The molecule has 4 aliphatic rings. The molecule has 0 unspecified atom stereocenters. The Morgan fingerprint density at radius 2 is 1.83 bits per heavy atom. The minimum absolute atomic E-state index is 0.0391. The number of carbonyl (C=O) groups is 1. The summed E-state index contributed by atoms with van der Waals surface area (Å²) in [5, 5.41) is 0. The average Bonchev–Trinajstić information content (AvgIpc) is 3.50. The molecule has 1 spiro atoms. The van der Waals surface area contributed by atoms with E-state index in [-0.39, 0.29) is 54.2 Å². The smallest absolute Gasteiger partial charge is 0.279 e. The minimum Gasteiger partial charge on any atom is -0.451 e.